The summed E-state index contributed by atoms with van der Waals surface area (Å²) in [6.07, 6.45) is 6.75. The maximum atomic E-state index is 13.2. The molecule has 7 heteroatoms. The number of pyridine rings is 1. The third-order valence-electron chi connectivity index (χ3n) is 5.63. The summed E-state index contributed by atoms with van der Waals surface area (Å²) in [4.78, 5) is 34.6. The molecule has 2 aromatic heterocycles. The van der Waals surface area contributed by atoms with Crippen molar-refractivity contribution >= 4 is 34.3 Å². The van der Waals surface area contributed by atoms with Gasteiger partial charge < -0.3 is 5.32 Å². The molecule has 5 rings (SSSR count). The number of nitrogens with one attached hydrogen (secondary N) is 1. The van der Waals surface area contributed by atoms with E-state index < -0.39 is 0 Å². The van der Waals surface area contributed by atoms with Crippen LogP contribution in [-0.4, -0.2) is 26.2 Å². The van der Waals surface area contributed by atoms with Gasteiger partial charge in [0.1, 0.15) is 0 Å². The van der Waals surface area contributed by atoms with E-state index in [1.54, 1.807) is 23.0 Å². The Morgan fingerprint density at radius 1 is 1.03 bits per heavy atom. The number of nitrogens with zero attached hydrogens (tertiary/aromatic N) is 3. The van der Waals surface area contributed by atoms with Crippen LogP contribution in [0.4, 0.5) is 5.69 Å². The van der Waals surface area contributed by atoms with E-state index in [1.165, 1.54) is 29.3 Å². The third kappa shape index (κ3) is 4.29. The highest BCUT2D eigenvalue weighted by Crippen LogP contribution is 2.25. The Balaban J connectivity index is 1.38. The van der Waals surface area contributed by atoms with Gasteiger partial charge in [-0.2, -0.15) is 0 Å². The Morgan fingerprint density at radius 3 is 2.72 bits per heavy atom. The van der Waals surface area contributed by atoms with Crippen LogP contribution in [0.5, 0.6) is 0 Å². The number of benzene rings is 2. The topological polar surface area (TPSA) is 76.9 Å². The zero-order chi connectivity index (χ0) is 21.9. The molecule has 160 valence electrons. The minimum Gasteiger partial charge on any atom is -0.325 e. The van der Waals surface area contributed by atoms with Gasteiger partial charge in [-0.1, -0.05) is 30.0 Å². The van der Waals surface area contributed by atoms with Gasteiger partial charge in [0.15, 0.2) is 5.16 Å². The quantitative estimate of drug-likeness (QED) is 0.360. The Kier molecular flexibility index (Phi) is 5.73. The first-order valence-corrected chi connectivity index (χ1v) is 11.6. The predicted octanol–water partition coefficient (Wildman–Crippen LogP) is 4.06. The zero-order valence-electron chi connectivity index (χ0n) is 17.5. The number of fused-ring (bicyclic) bond motifs is 2. The molecule has 0 bridgehead atoms. The summed E-state index contributed by atoms with van der Waals surface area (Å²) in [5.74, 6) is 0.0453. The van der Waals surface area contributed by atoms with Gasteiger partial charge in [0, 0.05) is 18.1 Å². The van der Waals surface area contributed by atoms with Gasteiger partial charge in [0.25, 0.3) is 5.56 Å². The Labute approximate surface area is 189 Å². The lowest BCUT2D eigenvalue weighted by atomic mass is 10.1. The molecule has 0 aliphatic heterocycles. The van der Waals surface area contributed by atoms with Crippen molar-refractivity contribution in [2.24, 2.45) is 0 Å². The summed E-state index contributed by atoms with van der Waals surface area (Å²) in [6.45, 7) is 0.369. The second-order valence-corrected chi connectivity index (χ2v) is 8.77. The van der Waals surface area contributed by atoms with E-state index in [0.29, 0.717) is 22.6 Å². The van der Waals surface area contributed by atoms with Gasteiger partial charge >= 0.3 is 0 Å². The average Bonchev–Trinajstić information content (AvgIpc) is 3.28. The standard InChI is InChI=1S/C25H22N4O2S/c30-23(27-20-9-8-18-4-3-5-19(18)14-20)16-32-25-28-22-7-2-1-6-21(22)24(31)29(25)15-17-10-12-26-13-11-17/h1-2,6-14H,3-5,15-16H2,(H,27,30). The summed E-state index contributed by atoms with van der Waals surface area (Å²) < 4.78 is 1.63. The number of anilines is 1. The van der Waals surface area contributed by atoms with Crippen molar-refractivity contribution in [1.82, 2.24) is 14.5 Å². The van der Waals surface area contributed by atoms with E-state index in [2.05, 4.69) is 27.4 Å². The molecule has 1 aliphatic carbocycles. The fraction of sp³-hybridized carbons (Fsp3) is 0.200. The van der Waals surface area contributed by atoms with E-state index in [1.807, 2.05) is 36.4 Å². The van der Waals surface area contributed by atoms with Crippen LogP contribution in [0, 0.1) is 0 Å². The second kappa shape index (κ2) is 8.96. The molecular formula is C25H22N4O2S. The van der Waals surface area contributed by atoms with Crippen molar-refractivity contribution in [1.29, 1.82) is 0 Å². The molecule has 2 heterocycles. The number of para-hydroxylation sites is 1. The SMILES string of the molecule is O=C(CSc1nc2ccccc2c(=O)n1Cc1ccncc1)Nc1ccc2c(c1)CCC2. The molecular weight excluding hydrogens is 420 g/mol. The summed E-state index contributed by atoms with van der Waals surface area (Å²) >= 11 is 1.27. The van der Waals surface area contributed by atoms with Crippen LogP contribution in [-0.2, 0) is 24.2 Å². The summed E-state index contributed by atoms with van der Waals surface area (Å²) in [7, 11) is 0. The van der Waals surface area contributed by atoms with Gasteiger partial charge in [0.2, 0.25) is 5.91 Å². The summed E-state index contributed by atoms with van der Waals surface area (Å²) in [6, 6.07) is 17.2. The lowest BCUT2D eigenvalue weighted by molar-refractivity contribution is -0.113. The van der Waals surface area contributed by atoms with Crippen LogP contribution in [0.15, 0.2) is 76.9 Å². The average molecular weight is 443 g/mol. The molecule has 1 aliphatic rings. The molecule has 0 unspecified atom stereocenters. The van der Waals surface area contributed by atoms with Gasteiger partial charge in [-0.3, -0.25) is 19.1 Å². The predicted molar refractivity (Wildman–Crippen MR) is 127 cm³/mol. The molecule has 1 amide bonds. The molecule has 0 saturated heterocycles. The van der Waals surface area contributed by atoms with Crippen molar-refractivity contribution in [3.63, 3.8) is 0 Å². The van der Waals surface area contributed by atoms with Crippen LogP contribution < -0.4 is 10.9 Å². The molecule has 6 nitrogen and oxygen atoms in total. The molecule has 4 aromatic rings. The van der Waals surface area contributed by atoms with E-state index >= 15 is 0 Å². The number of amides is 1. The van der Waals surface area contributed by atoms with Crippen LogP contribution in [0.2, 0.25) is 0 Å². The number of carbonyl (C=O) groups excluding carboxylic acids is 1. The Hall–Kier alpha value is -3.45. The van der Waals surface area contributed by atoms with Crippen LogP contribution in [0.25, 0.3) is 10.9 Å². The highest BCUT2D eigenvalue weighted by molar-refractivity contribution is 7.99. The van der Waals surface area contributed by atoms with Crippen molar-refractivity contribution in [3.05, 3.63) is 94.0 Å². The number of hydrogen-bond donors (Lipinski definition) is 1. The van der Waals surface area contributed by atoms with Gasteiger partial charge in [0.05, 0.1) is 23.2 Å². The van der Waals surface area contributed by atoms with Crippen molar-refractivity contribution in [2.75, 3.05) is 11.1 Å². The van der Waals surface area contributed by atoms with Crippen molar-refractivity contribution in [2.45, 2.75) is 31.0 Å². The zero-order valence-corrected chi connectivity index (χ0v) is 18.3. The first kappa shape index (κ1) is 20.5. The molecule has 32 heavy (non-hydrogen) atoms. The van der Waals surface area contributed by atoms with Crippen molar-refractivity contribution in [3.8, 4) is 0 Å². The number of thioether (sulfide) groups is 1. The monoisotopic (exact) mass is 442 g/mol. The lowest BCUT2D eigenvalue weighted by Crippen LogP contribution is -2.25. The number of carbonyl (C=O) groups is 1. The lowest BCUT2D eigenvalue weighted by Gasteiger charge is -2.13. The van der Waals surface area contributed by atoms with E-state index in [9.17, 15) is 9.59 Å². The normalized spacial score (nSPS) is 12.6. The first-order valence-electron chi connectivity index (χ1n) is 10.6. The third-order valence-corrected chi connectivity index (χ3v) is 6.61. The highest BCUT2D eigenvalue weighted by atomic mass is 32.2. The van der Waals surface area contributed by atoms with E-state index in [4.69, 9.17) is 0 Å². The smallest absolute Gasteiger partial charge is 0.262 e. The van der Waals surface area contributed by atoms with Crippen LogP contribution in [0.3, 0.4) is 0 Å². The van der Waals surface area contributed by atoms with Gasteiger partial charge in [-0.25, -0.2) is 4.98 Å². The van der Waals surface area contributed by atoms with E-state index in [-0.39, 0.29) is 17.2 Å². The van der Waals surface area contributed by atoms with Gasteiger partial charge in [-0.05, 0) is 72.4 Å². The fourth-order valence-electron chi connectivity index (χ4n) is 4.04. The number of aromatic nitrogens is 3. The van der Waals surface area contributed by atoms with E-state index in [0.717, 1.165) is 24.1 Å². The fourth-order valence-corrected chi connectivity index (χ4v) is 4.84. The van der Waals surface area contributed by atoms with Crippen molar-refractivity contribution < 1.29 is 4.79 Å². The number of aryl methyl sites for hydroxylation is 2. The number of hydrogen-bond acceptors (Lipinski definition) is 5. The molecule has 1 N–H and O–H groups in total. The second-order valence-electron chi connectivity index (χ2n) is 7.83. The van der Waals surface area contributed by atoms with Crippen LogP contribution >= 0.6 is 11.8 Å². The molecule has 2 aromatic carbocycles. The Morgan fingerprint density at radius 2 is 1.84 bits per heavy atom. The molecule has 0 fully saturated rings. The largest absolute Gasteiger partial charge is 0.325 e. The highest BCUT2D eigenvalue weighted by Gasteiger charge is 2.15. The maximum absolute atomic E-state index is 13.2. The van der Waals surface area contributed by atoms with Gasteiger partial charge in [-0.15, -0.1) is 0 Å². The molecule has 0 radical (unpaired) electrons. The molecule has 0 atom stereocenters. The van der Waals surface area contributed by atoms with Crippen LogP contribution in [0.1, 0.15) is 23.1 Å². The first-order chi connectivity index (χ1) is 15.7. The maximum Gasteiger partial charge on any atom is 0.262 e. The number of rotatable bonds is 6. The minimum atomic E-state index is -0.120. The Bertz CT molecular complexity index is 1350. The molecule has 0 spiro atoms. The molecule has 0 saturated carbocycles. The summed E-state index contributed by atoms with van der Waals surface area (Å²) in [5, 5.41) is 4.07. The minimum absolute atomic E-state index is 0.117. The summed E-state index contributed by atoms with van der Waals surface area (Å²) in [5.41, 5.74) is 4.97.